The van der Waals surface area contributed by atoms with Crippen LogP contribution >= 0.6 is 23.2 Å². The normalized spacial score (nSPS) is 28.3. The van der Waals surface area contributed by atoms with Crippen LogP contribution in [0.1, 0.15) is 13.3 Å². The van der Waals surface area contributed by atoms with Gasteiger partial charge in [0, 0.05) is 6.61 Å². The third-order valence-corrected chi connectivity index (χ3v) is 2.38. The van der Waals surface area contributed by atoms with Crippen molar-refractivity contribution in [1.82, 2.24) is 0 Å². The highest BCUT2D eigenvalue weighted by atomic mass is 35.5. The first-order valence-electron chi connectivity index (χ1n) is 4.22. The van der Waals surface area contributed by atoms with Crippen molar-refractivity contribution >= 4 is 29.0 Å². The van der Waals surface area contributed by atoms with Crippen molar-refractivity contribution in [2.45, 2.75) is 24.5 Å². The Morgan fingerprint density at radius 1 is 1.69 bits per heavy atom. The van der Waals surface area contributed by atoms with E-state index in [1.165, 1.54) is 0 Å². The molecule has 5 heteroatoms. The second kappa shape index (κ2) is 5.15. The van der Waals surface area contributed by atoms with Crippen molar-refractivity contribution in [3.8, 4) is 0 Å². The minimum absolute atomic E-state index is 0.209. The van der Waals surface area contributed by atoms with E-state index < -0.39 is 11.1 Å². The lowest BCUT2D eigenvalue weighted by molar-refractivity contribution is -0.146. The van der Waals surface area contributed by atoms with Gasteiger partial charge in [0.2, 0.25) is 0 Å². The molecule has 3 nitrogen and oxygen atoms in total. The zero-order valence-electron chi connectivity index (χ0n) is 7.33. The van der Waals surface area contributed by atoms with E-state index in [-0.39, 0.29) is 11.7 Å². The standard InChI is InChI=1S/C8H12Cl2O3/c1-2-12-8-5(3-4-13-8)6(11)7(9)10/h5,7-8H,2-4H2,1H3. The molecule has 0 aromatic carbocycles. The van der Waals surface area contributed by atoms with Gasteiger partial charge in [0.15, 0.2) is 16.9 Å². The number of rotatable bonds is 4. The van der Waals surface area contributed by atoms with Crippen molar-refractivity contribution in [3.63, 3.8) is 0 Å². The molecule has 1 aliphatic rings. The minimum atomic E-state index is -0.977. The van der Waals surface area contributed by atoms with Gasteiger partial charge in [-0.25, -0.2) is 0 Å². The fraction of sp³-hybridized carbons (Fsp3) is 0.875. The molecule has 1 rings (SSSR count). The third kappa shape index (κ3) is 2.81. The quantitative estimate of drug-likeness (QED) is 0.686. The van der Waals surface area contributed by atoms with Crippen LogP contribution in [0.5, 0.6) is 0 Å². The van der Waals surface area contributed by atoms with Crippen LogP contribution in [0, 0.1) is 5.92 Å². The van der Waals surface area contributed by atoms with Crippen LogP contribution < -0.4 is 0 Å². The van der Waals surface area contributed by atoms with Gasteiger partial charge in [-0.05, 0) is 13.3 Å². The highest BCUT2D eigenvalue weighted by Gasteiger charge is 2.36. The Bertz CT molecular complexity index is 184. The smallest absolute Gasteiger partial charge is 0.173 e. The molecule has 1 saturated heterocycles. The summed E-state index contributed by atoms with van der Waals surface area (Å²) in [4.78, 5) is 10.4. The largest absolute Gasteiger partial charge is 0.352 e. The molecule has 0 spiro atoms. The van der Waals surface area contributed by atoms with Crippen LogP contribution in [0.4, 0.5) is 0 Å². The molecular formula is C8H12Cl2O3. The number of Topliss-reactive ketones (excluding diaryl/α,β-unsaturated/α-hetero) is 1. The Kier molecular flexibility index (Phi) is 4.46. The Hall–Kier alpha value is 0.170. The average Bonchev–Trinajstić information content (AvgIpc) is 2.52. The van der Waals surface area contributed by atoms with Gasteiger partial charge < -0.3 is 9.47 Å². The highest BCUT2D eigenvalue weighted by molar-refractivity contribution is 6.53. The van der Waals surface area contributed by atoms with Crippen LogP contribution in [-0.4, -0.2) is 30.1 Å². The molecule has 0 saturated carbocycles. The van der Waals surface area contributed by atoms with Crippen LogP contribution in [-0.2, 0) is 14.3 Å². The molecule has 0 amide bonds. The fourth-order valence-electron chi connectivity index (χ4n) is 1.33. The maximum absolute atomic E-state index is 11.4. The van der Waals surface area contributed by atoms with E-state index in [2.05, 4.69) is 0 Å². The Balaban J connectivity index is 2.52. The maximum atomic E-state index is 11.4. The summed E-state index contributed by atoms with van der Waals surface area (Å²) in [5.74, 6) is -0.515. The van der Waals surface area contributed by atoms with Gasteiger partial charge in [-0.1, -0.05) is 23.2 Å². The first kappa shape index (κ1) is 11.2. The molecular weight excluding hydrogens is 215 g/mol. The number of hydrogen-bond acceptors (Lipinski definition) is 3. The molecule has 1 heterocycles. The summed E-state index contributed by atoms with van der Waals surface area (Å²) in [5, 5.41) is 0. The van der Waals surface area contributed by atoms with Crippen LogP contribution in [0.2, 0.25) is 0 Å². The maximum Gasteiger partial charge on any atom is 0.173 e. The minimum Gasteiger partial charge on any atom is -0.352 e. The van der Waals surface area contributed by atoms with Gasteiger partial charge in [-0.2, -0.15) is 0 Å². The summed E-state index contributed by atoms with van der Waals surface area (Å²) >= 11 is 11.0. The number of carbonyl (C=O) groups is 1. The van der Waals surface area contributed by atoms with Crippen molar-refractivity contribution in [3.05, 3.63) is 0 Å². The Morgan fingerprint density at radius 2 is 2.38 bits per heavy atom. The fourth-order valence-corrected chi connectivity index (χ4v) is 1.65. The lowest BCUT2D eigenvalue weighted by Crippen LogP contribution is -2.30. The van der Waals surface area contributed by atoms with E-state index in [4.69, 9.17) is 32.7 Å². The number of alkyl halides is 2. The Morgan fingerprint density at radius 3 is 2.92 bits per heavy atom. The summed E-state index contributed by atoms with van der Waals surface area (Å²) in [6, 6.07) is 0. The summed E-state index contributed by atoms with van der Waals surface area (Å²) in [6.07, 6.45) is 0.178. The van der Waals surface area contributed by atoms with E-state index in [1.807, 2.05) is 6.92 Å². The van der Waals surface area contributed by atoms with Crippen LogP contribution in [0.3, 0.4) is 0 Å². The second-order valence-corrected chi connectivity index (χ2v) is 3.89. The van der Waals surface area contributed by atoms with Crippen molar-refractivity contribution < 1.29 is 14.3 Å². The van der Waals surface area contributed by atoms with Gasteiger partial charge >= 0.3 is 0 Å². The summed E-state index contributed by atoms with van der Waals surface area (Å²) < 4.78 is 10.4. The van der Waals surface area contributed by atoms with Gasteiger partial charge in [-0.15, -0.1) is 0 Å². The molecule has 2 unspecified atom stereocenters. The van der Waals surface area contributed by atoms with E-state index >= 15 is 0 Å². The van der Waals surface area contributed by atoms with Crippen LogP contribution in [0.15, 0.2) is 0 Å². The van der Waals surface area contributed by atoms with Crippen LogP contribution in [0.25, 0.3) is 0 Å². The van der Waals surface area contributed by atoms with Gasteiger partial charge in [0.05, 0.1) is 12.5 Å². The molecule has 0 aliphatic carbocycles. The molecule has 0 aromatic heterocycles. The average molecular weight is 227 g/mol. The molecule has 0 aromatic rings. The third-order valence-electron chi connectivity index (χ3n) is 1.95. The van der Waals surface area contributed by atoms with Gasteiger partial charge in [0.1, 0.15) is 0 Å². The van der Waals surface area contributed by atoms with E-state index in [1.54, 1.807) is 0 Å². The second-order valence-electron chi connectivity index (χ2n) is 2.79. The first-order valence-corrected chi connectivity index (χ1v) is 5.09. The van der Waals surface area contributed by atoms with E-state index in [0.29, 0.717) is 19.6 Å². The molecule has 1 fully saturated rings. The SMILES string of the molecule is CCOC1OCCC1C(=O)C(Cl)Cl. The molecule has 2 atom stereocenters. The van der Waals surface area contributed by atoms with Gasteiger partial charge in [-0.3, -0.25) is 4.79 Å². The topological polar surface area (TPSA) is 35.5 Å². The molecule has 0 radical (unpaired) electrons. The monoisotopic (exact) mass is 226 g/mol. The first-order chi connectivity index (χ1) is 6.16. The highest BCUT2D eigenvalue weighted by Crippen LogP contribution is 2.26. The van der Waals surface area contributed by atoms with Crippen molar-refractivity contribution in [2.75, 3.05) is 13.2 Å². The van der Waals surface area contributed by atoms with Gasteiger partial charge in [0.25, 0.3) is 0 Å². The summed E-state index contributed by atoms with van der Waals surface area (Å²) in [5.41, 5.74) is 0. The van der Waals surface area contributed by atoms with Crippen molar-refractivity contribution in [1.29, 1.82) is 0 Å². The number of ether oxygens (including phenoxy) is 2. The zero-order valence-corrected chi connectivity index (χ0v) is 8.85. The summed E-state index contributed by atoms with van der Waals surface area (Å²) in [7, 11) is 0. The predicted molar refractivity (Wildman–Crippen MR) is 50.0 cm³/mol. The molecule has 13 heavy (non-hydrogen) atoms. The number of hydrogen-bond donors (Lipinski definition) is 0. The van der Waals surface area contributed by atoms with E-state index in [0.717, 1.165) is 0 Å². The number of ketones is 1. The van der Waals surface area contributed by atoms with Crippen molar-refractivity contribution in [2.24, 2.45) is 5.92 Å². The lowest BCUT2D eigenvalue weighted by Gasteiger charge is -2.17. The van der Waals surface area contributed by atoms with E-state index in [9.17, 15) is 4.79 Å². The molecule has 1 aliphatic heterocycles. The molecule has 76 valence electrons. The molecule has 0 N–H and O–H groups in total. The molecule has 0 bridgehead atoms. The number of carbonyl (C=O) groups excluding carboxylic acids is 1. The number of halogens is 2. The predicted octanol–water partition coefficient (Wildman–Crippen LogP) is 1.76. The Labute approximate surface area is 87.3 Å². The summed E-state index contributed by atoms with van der Waals surface area (Å²) in [6.45, 7) is 2.90. The zero-order chi connectivity index (χ0) is 9.84. The lowest BCUT2D eigenvalue weighted by atomic mass is 10.0.